The van der Waals surface area contributed by atoms with Gasteiger partial charge >= 0.3 is 0 Å². The molecule has 37 heavy (non-hydrogen) atoms. The number of aryl methyl sites for hydroxylation is 1. The lowest BCUT2D eigenvalue weighted by Gasteiger charge is -2.38. The van der Waals surface area contributed by atoms with Crippen LogP contribution in [0.3, 0.4) is 0 Å². The van der Waals surface area contributed by atoms with Gasteiger partial charge in [0.15, 0.2) is 23.1 Å². The molecular weight excluding hydrogens is 480 g/mol. The molecule has 1 aliphatic rings. The minimum atomic E-state index is -0.734. The summed E-state index contributed by atoms with van der Waals surface area (Å²) in [6.45, 7) is 6.14. The van der Waals surface area contributed by atoms with Gasteiger partial charge in [0.05, 0.1) is 27.0 Å². The Balaban J connectivity index is 1.43. The lowest BCUT2D eigenvalue weighted by Crippen LogP contribution is -2.54. The van der Waals surface area contributed by atoms with Crippen molar-refractivity contribution in [1.29, 1.82) is 0 Å². The van der Waals surface area contributed by atoms with E-state index in [1.165, 1.54) is 20.3 Å². The van der Waals surface area contributed by atoms with Crippen LogP contribution in [0.5, 0.6) is 17.2 Å². The molecule has 8 nitrogen and oxygen atoms in total. The van der Waals surface area contributed by atoms with E-state index in [2.05, 4.69) is 39.3 Å². The molecule has 1 aromatic heterocycles. The smallest absolute Gasteiger partial charge is 0.227 e. The van der Waals surface area contributed by atoms with Crippen LogP contribution in [0.1, 0.15) is 25.0 Å². The first-order chi connectivity index (χ1) is 17.8. The highest BCUT2D eigenvalue weighted by Crippen LogP contribution is 2.34. The minimum absolute atomic E-state index is 0.0635. The molecule has 0 spiro atoms. The van der Waals surface area contributed by atoms with Crippen LogP contribution in [-0.4, -0.2) is 56.5 Å². The van der Waals surface area contributed by atoms with Gasteiger partial charge in [-0.15, -0.1) is 0 Å². The normalized spacial score (nSPS) is 17.4. The van der Waals surface area contributed by atoms with Crippen LogP contribution >= 0.6 is 0 Å². The number of piperazine rings is 1. The second kappa shape index (κ2) is 11.6. The molecule has 4 rings (SSSR count). The van der Waals surface area contributed by atoms with Crippen molar-refractivity contribution in [3.8, 4) is 17.2 Å². The Morgan fingerprint density at radius 3 is 2.05 bits per heavy atom. The summed E-state index contributed by atoms with van der Waals surface area (Å²) in [4.78, 5) is 11.1. The number of hydrogen-bond donors (Lipinski definition) is 2. The Bertz CT molecular complexity index is 1190. The van der Waals surface area contributed by atoms with Crippen molar-refractivity contribution >= 4 is 17.3 Å². The van der Waals surface area contributed by atoms with Gasteiger partial charge in [0.25, 0.3) is 0 Å². The zero-order chi connectivity index (χ0) is 26.5. The van der Waals surface area contributed by atoms with Crippen LogP contribution in [0.2, 0.25) is 0 Å². The van der Waals surface area contributed by atoms with Gasteiger partial charge in [-0.25, -0.2) is 18.7 Å². The topological polar surface area (TPSA) is 80.8 Å². The predicted molar refractivity (Wildman–Crippen MR) is 139 cm³/mol. The van der Waals surface area contributed by atoms with E-state index in [9.17, 15) is 8.78 Å². The Labute approximate surface area is 216 Å². The quantitative estimate of drug-likeness (QED) is 0.433. The fourth-order valence-corrected chi connectivity index (χ4v) is 4.64. The molecule has 0 amide bonds. The summed E-state index contributed by atoms with van der Waals surface area (Å²) in [5.41, 5.74) is 2.47. The average Bonchev–Trinajstić information content (AvgIpc) is 2.89. The van der Waals surface area contributed by atoms with Gasteiger partial charge in [-0.3, -0.25) is 0 Å². The molecule has 2 N–H and O–H groups in total. The van der Waals surface area contributed by atoms with Crippen LogP contribution < -0.4 is 29.7 Å². The van der Waals surface area contributed by atoms with Crippen LogP contribution in [-0.2, 0) is 12.8 Å². The van der Waals surface area contributed by atoms with E-state index in [4.69, 9.17) is 14.2 Å². The first-order valence-corrected chi connectivity index (χ1v) is 12.2. The summed E-state index contributed by atoms with van der Waals surface area (Å²) in [6, 6.07) is 7.89. The third-order valence-electron chi connectivity index (χ3n) is 6.37. The molecule has 198 valence electrons. The predicted octanol–water partition coefficient (Wildman–Crippen LogP) is 4.50. The number of methoxy groups -OCH3 is 3. The molecule has 2 heterocycles. The maximum atomic E-state index is 14.6. The maximum absolute atomic E-state index is 14.6. The monoisotopic (exact) mass is 513 g/mol. The number of halogens is 2. The second-order valence-corrected chi connectivity index (χ2v) is 9.19. The van der Waals surface area contributed by atoms with Gasteiger partial charge in [0, 0.05) is 61.0 Å². The van der Waals surface area contributed by atoms with E-state index in [0.29, 0.717) is 24.5 Å². The standard InChI is InChI=1S/C27H33F2N5O3/c1-16-14-34(15-17(2)32-16)21-9-7-19(10-22(21)35-3)33-27-30-12-18(13-31-27)6-8-20-25(28)23(36-4)11-24(37-5)26(20)29/h7,9-13,16-17,32H,6,8,14-15H2,1-5H3,(H,30,31,33)/t16-,17+. The minimum Gasteiger partial charge on any atom is -0.495 e. The summed E-state index contributed by atoms with van der Waals surface area (Å²) in [5.74, 6) is -0.425. The Kier molecular flexibility index (Phi) is 8.27. The zero-order valence-corrected chi connectivity index (χ0v) is 21.8. The summed E-state index contributed by atoms with van der Waals surface area (Å²) in [6.07, 6.45) is 3.72. The molecule has 3 aromatic rings. The van der Waals surface area contributed by atoms with Crippen LogP contribution in [0.25, 0.3) is 0 Å². The number of aromatic nitrogens is 2. The molecule has 2 atom stereocenters. The summed E-state index contributed by atoms with van der Waals surface area (Å²) >= 11 is 0. The zero-order valence-electron chi connectivity index (χ0n) is 21.8. The van der Waals surface area contributed by atoms with Gasteiger partial charge in [-0.1, -0.05) is 0 Å². The average molecular weight is 514 g/mol. The van der Waals surface area contributed by atoms with Gasteiger partial charge in [0.1, 0.15) is 5.75 Å². The van der Waals surface area contributed by atoms with Crippen LogP contribution in [0, 0.1) is 11.6 Å². The van der Waals surface area contributed by atoms with E-state index in [0.717, 1.165) is 35.8 Å². The van der Waals surface area contributed by atoms with E-state index >= 15 is 0 Å². The lowest BCUT2D eigenvalue weighted by molar-refractivity contribution is 0.353. The summed E-state index contributed by atoms with van der Waals surface area (Å²) in [5, 5.41) is 6.73. The number of benzene rings is 2. The Morgan fingerprint density at radius 1 is 0.892 bits per heavy atom. The molecule has 1 saturated heterocycles. The molecule has 1 aliphatic heterocycles. The SMILES string of the molecule is COc1cc(Nc2ncc(CCc3c(F)c(OC)cc(OC)c3F)cn2)ccc1N1C[C@@H](C)N[C@@H](C)C1. The van der Waals surface area contributed by atoms with Crippen molar-refractivity contribution in [3.63, 3.8) is 0 Å². The molecular formula is C27H33F2N5O3. The van der Waals surface area contributed by atoms with E-state index in [-0.39, 0.29) is 23.5 Å². The van der Waals surface area contributed by atoms with Crippen LogP contribution in [0.4, 0.5) is 26.1 Å². The molecule has 0 radical (unpaired) electrons. The first kappa shape index (κ1) is 26.4. The molecule has 1 fully saturated rings. The van der Waals surface area contributed by atoms with Gasteiger partial charge in [-0.05, 0) is 44.4 Å². The fraction of sp³-hybridized carbons (Fsp3) is 0.407. The number of ether oxygens (including phenoxy) is 3. The number of rotatable bonds is 9. The van der Waals surface area contributed by atoms with Gasteiger partial charge in [0.2, 0.25) is 5.95 Å². The number of nitrogens with one attached hydrogen (secondary N) is 2. The van der Waals surface area contributed by atoms with Crippen LogP contribution in [0.15, 0.2) is 36.7 Å². The molecule has 0 aliphatic carbocycles. The van der Waals surface area contributed by atoms with Crippen molar-refractivity contribution in [2.75, 3.05) is 44.6 Å². The van der Waals surface area contributed by atoms with Gasteiger partial charge < -0.3 is 29.7 Å². The highest BCUT2D eigenvalue weighted by atomic mass is 19.1. The van der Waals surface area contributed by atoms with E-state index in [1.807, 2.05) is 18.2 Å². The highest BCUT2D eigenvalue weighted by molar-refractivity contribution is 5.67. The Hall–Kier alpha value is -3.66. The highest BCUT2D eigenvalue weighted by Gasteiger charge is 2.23. The second-order valence-electron chi connectivity index (χ2n) is 9.19. The maximum Gasteiger partial charge on any atom is 0.227 e. The van der Waals surface area contributed by atoms with Crippen molar-refractivity contribution in [3.05, 3.63) is 59.4 Å². The molecule has 10 heteroatoms. The molecule has 0 unspecified atom stereocenters. The molecule has 0 bridgehead atoms. The van der Waals surface area contributed by atoms with E-state index in [1.54, 1.807) is 19.5 Å². The Morgan fingerprint density at radius 2 is 1.49 bits per heavy atom. The van der Waals surface area contributed by atoms with Crippen molar-refractivity contribution in [2.45, 2.75) is 38.8 Å². The third kappa shape index (κ3) is 6.02. The first-order valence-electron chi connectivity index (χ1n) is 12.2. The third-order valence-corrected chi connectivity index (χ3v) is 6.37. The summed E-state index contributed by atoms with van der Waals surface area (Å²) in [7, 11) is 4.31. The molecule has 0 saturated carbocycles. The van der Waals surface area contributed by atoms with E-state index < -0.39 is 11.6 Å². The number of anilines is 3. The van der Waals surface area contributed by atoms with Gasteiger partial charge in [-0.2, -0.15) is 0 Å². The van der Waals surface area contributed by atoms with Crippen molar-refractivity contribution in [2.24, 2.45) is 0 Å². The number of nitrogens with zero attached hydrogens (tertiary/aromatic N) is 3. The molecule has 2 aromatic carbocycles. The largest absolute Gasteiger partial charge is 0.495 e. The summed E-state index contributed by atoms with van der Waals surface area (Å²) < 4.78 is 44.9. The van der Waals surface area contributed by atoms with Crippen molar-refractivity contribution in [1.82, 2.24) is 15.3 Å². The fourth-order valence-electron chi connectivity index (χ4n) is 4.64. The van der Waals surface area contributed by atoms with Crippen molar-refractivity contribution < 1.29 is 23.0 Å². The lowest BCUT2D eigenvalue weighted by atomic mass is 10.0. The number of hydrogen-bond acceptors (Lipinski definition) is 8.